The Morgan fingerprint density at radius 2 is 1.31 bits per heavy atom. The van der Waals surface area contributed by atoms with Crippen molar-refractivity contribution in [2.24, 2.45) is 45.3 Å². The van der Waals surface area contributed by atoms with Crippen LogP contribution in [0.1, 0.15) is 106 Å². The van der Waals surface area contributed by atoms with E-state index >= 15 is 0 Å². The molecule has 0 spiro atoms. The predicted molar refractivity (Wildman–Crippen MR) is 228 cm³/mol. The van der Waals surface area contributed by atoms with Crippen LogP contribution < -0.4 is 0 Å². The molecule has 0 aromatic carbocycles. The third-order valence-corrected chi connectivity index (χ3v) is 18.2. The van der Waals surface area contributed by atoms with Gasteiger partial charge in [-0.15, -0.1) is 0 Å². The Bertz CT molecular complexity index is 1660. The van der Waals surface area contributed by atoms with Crippen LogP contribution in [0.4, 0.5) is 0 Å². The van der Waals surface area contributed by atoms with Crippen LogP contribution in [0, 0.1) is 45.3 Å². The number of aliphatic hydroxyl groups excluding tert-OH is 10. The molecule has 0 aromatic heterocycles. The molecule has 18 heteroatoms. The van der Waals surface area contributed by atoms with Crippen LogP contribution in [0.15, 0.2) is 11.6 Å². The predicted octanol–water partition coefficient (Wildman–Crippen LogP) is -0.207. The molecule has 7 fully saturated rings. The Balaban J connectivity index is 1.10. The molecule has 374 valence electrons. The molecular formula is C47H78O18. The van der Waals surface area contributed by atoms with E-state index in [0.717, 1.165) is 31.3 Å². The molecule has 7 aliphatic rings. The maximum atomic E-state index is 13.9. The molecule has 7 rings (SSSR count). The van der Waals surface area contributed by atoms with Gasteiger partial charge in [0.25, 0.3) is 0 Å². The van der Waals surface area contributed by atoms with E-state index in [1.54, 1.807) is 0 Å². The number of rotatable bonds is 14. The Hall–Kier alpha value is -1.27. The molecule has 0 radical (unpaired) electrons. The normalized spacial score (nSPS) is 50.6. The van der Waals surface area contributed by atoms with Crippen molar-refractivity contribution in [1.29, 1.82) is 0 Å². The molecule has 0 amide bonds. The monoisotopic (exact) mass is 931 g/mol. The van der Waals surface area contributed by atoms with E-state index in [9.17, 15) is 61.0 Å². The van der Waals surface area contributed by atoms with E-state index in [4.69, 9.17) is 28.4 Å². The molecular weight excluding hydrogens is 852 g/mol. The molecule has 3 saturated heterocycles. The van der Waals surface area contributed by atoms with Crippen molar-refractivity contribution in [3.8, 4) is 0 Å². The van der Waals surface area contributed by atoms with Crippen LogP contribution in [-0.4, -0.2) is 187 Å². The average Bonchev–Trinajstić information content (AvgIpc) is 3.64. The van der Waals surface area contributed by atoms with Gasteiger partial charge in [0.1, 0.15) is 73.4 Å². The zero-order valence-electron chi connectivity index (χ0n) is 38.8. The summed E-state index contributed by atoms with van der Waals surface area (Å²) in [7, 11) is 0. The van der Waals surface area contributed by atoms with Crippen molar-refractivity contribution < 1.29 is 89.4 Å². The summed E-state index contributed by atoms with van der Waals surface area (Å²) < 4.78 is 36.0. The van der Waals surface area contributed by atoms with Crippen LogP contribution in [0.3, 0.4) is 0 Å². The zero-order valence-corrected chi connectivity index (χ0v) is 38.8. The van der Waals surface area contributed by atoms with Gasteiger partial charge in [0, 0.05) is 5.41 Å². The van der Waals surface area contributed by atoms with Gasteiger partial charge in [-0.3, -0.25) is 0 Å². The Labute approximate surface area is 381 Å². The lowest BCUT2D eigenvalue weighted by Crippen LogP contribution is -2.67. The molecule has 3 aliphatic heterocycles. The van der Waals surface area contributed by atoms with Crippen molar-refractivity contribution in [2.45, 2.75) is 203 Å². The average molecular weight is 931 g/mol. The van der Waals surface area contributed by atoms with Gasteiger partial charge in [0.15, 0.2) is 18.9 Å². The van der Waals surface area contributed by atoms with Crippen LogP contribution in [-0.2, 0) is 33.2 Å². The number of allylic oxidation sites excluding steroid dienone is 2. The van der Waals surface area contributed by atoms with Crippen molar-refractivity contribution in [3.63, 3.8) is 0 Å². The van der Waals surface area contributed by atoms with Gasteiger partial charge in [-0.1, -0.05) is 39.3 Å². The van der Waals surface area contributed by atoms with E-state index in [0.29, 0.717) is 38.5 Å². The minimum atomic E-state index is -1.76. The number of aliphatic hydroxyl groups is 11. The highest BCUT2D eigenvalue weighted by Gasteiger charge is 2.71. The molecule has 18 nitrogen and oxygen atoms in total. The summed E-state index contributed by atoms with van der Waals surface area (Å²) >= 11 is 0. The quantitative estimate of drug-likeness (QED) is 0.0611. The highest BCUT2D eigenvalue weighted by molar-refractivity contribution is 5.62. The highest BCUT2D eigenvalue weighted by Crippen LogP contribution is 2.75. The van der Waals surface area contributed by atoms with Crippen molar-refractivity contribution >= 4 is 6.29 Å². The van der Waals surface area contributed by atoms with Gasteiger partial charge in [0.05, 0.1) is 38.1 Å². The summed E-state index contributed by atoms with van der Waals surface area (Å²) in [6, 6.07) is 0. The van der Waals surface area contributed by atoms with Gasteiger partial charge in [-0.2, -0.15) is 0 Å². The minimum absolute atomic E-state index is 0.0146. The Morgan fingerprint density at radius 3 is 1.92 bits per heavy atom. The minimum Gasteiger partial charge on any atom is -0.394 e. The van der Waals surface area contributed by atoms with Crippen molar-refractivity contribution in [3.05, 3.63) is 11.6 Å². The molecule has 11 N–H and O–H groups in total. The van der Waals surface area contributed by atoms with Gasteiger partial charge in [-0.05, 0) is 118 Å². The zero-order chi connectivity index (χ0) is 47.6. The topological polar surface area (TPSA) is 295 Å². The lowest BCUT2D eigenvalue weighted by Gasteiger charge is -2.69. The number of hydrogen-bond acceptors (Lipinski definition) is 18. The molecule has 4 aliphatic carbocycles. The van der Waals surface area contributed by atoms with E-state index in [2.05, 4.69) is 33.8 Å². The molecule has 23 unspecified atom stereocenters. The van der Waals surface area contributed by atoms with Crippen molar-refractivity contribution in [1.82, 2.24) is 0 Å². The SMILES string of the molecule is CC(C)=CCCC(O)(COC1OC(CO)C(O)C(O)C1O)C1CCC2(C)C1CCC1C3(C=O)CCC(OC4OCC(O)C(O)C4OC4OC(CO)C(O)C(O)C4O)C(C)(C)C3CCC12C. The number of aldehydes is 1. The first-order valence-electron chi connectivity index (χ1n) is 23.9. The third-order valence-electron chi connectivity index (χ3n) is 18.2. The summed E-state index contributed by atoms with van der Waals surface area (Å²) in [5.74, 6) is -0.231. The standard InChI is InChI=1S/C47H78O18/c1-23(2)8-7-14-47(59,22-61-40-37(57)35(55)33(53)27(18-48)62-40)25-11-15-44(5)24(25)9-10-30-45(44,6)16-12-29-43(3,4)31(13-17-46(29,30)21-50)64-42-39(32(52)26(51)20-60-42)65-41-38(58)36(56)34(54)28(19-49)63-41/h8,21,24-42,48-49,51-59H,7,9-20,22H2,1-6H3. The molecule has 3 heterocycles. The number of hydrogen-bond donors (Lipinski definition) is 11. The lowest BCUT2D eigenvalue weighted by molar-refractivity contribution is -0.367. The Kier molecular flexibility index (Phi) is 15.5. The van der Waals surface area contributed by atoms with E-state index in [1.807, 2.05) is 13.8 Å². The van der Waals surface area contributed by atoms with Gasteiger partial charge in [-0.25, -0.2) is 0 Å². The molecule has 65 heavy (non-hydrogen) atoms. The van der Waals surface area contributed by atoms with Gasteiger partial charge in [0.2, 0.25) is 0 Å². The lowest BCUT2D eigenvalue weighted by atomic mass is 9.35. The molecule has 0 aromatic rings. The fraction of sp³-hybridized carbons (Fsp3) is 0.936. The molecule has 0 bridgehead atoms. The fourth-order valence-corrected chi connectivity index (χ4v) is 14.3. The van der Waals surface area contributed by atoms with Crippen LogP contribution in [0.25, 0.3) is 0 Å². The second-order valence-electron chi connectivity index (χ2n) is 22.0. The van der Waals surface area contributed by atoms with Crippen LogP contribution in [0.2, 0.25) is 0 Å². The Morgan fingerprint density at radius 1 is 0.692 bits per heavy atom. The fourth-order valence-electron chi connectivity index (χ4n) is 14.3. The first-order chi connectivity index (χ1) is 30.5. The molecule has 4 saturated carbocycles. The largest absolute Gasteiger partial charge is 0.394 e. The summed E-state index contributed by atoms with van der Waals surface area (Å²) in [6.45, 7) is 11.1. The second kappa shape index (κ2) is 19.5. The first kappa shape index (κ1) is 51.6. The maximum absolute atomic E-state index is 13.9. The summed E-state index contributed by atoms with van der Waals surface area (Å²) in [5, 5.41) is 117. The smallest absolute Gasteiger partial charge is 0.187 e. The summed E-state index contributed by atoms with van der Waals surface area (Å²) in [4.78, 5) is 13.9. The van der Waals surface area contributed by atoms with Gasteiger partial charge >= 0.3 is 0 Å². The van der Waals surface area contributed by atoms with Crippen LogP contribution in [0.5, 0.6) is 0 Å². The molecule has 23 atom stereocenters. The second-order valence-corrected chi connectivity index (χ2v) is 22.0. The maximum Gasteiger partial charge on any atom is 0.187 e. The summed E-state index contributed by atoms with van der Waals surface area (Å²) in [6.07, 6.45) is -11.6. The number of carbonyl (C=O) groups excluding carboxylic acids is 1. The highest BCUT2D eigenvalue weighted by atomic mass is 16.8. The number of carbonyl (C=O) groups is 1. The third kappa shape index (κ3) is 8.85. The van der Waals surface area contributed by atoms with E-state index in [1.165, 1.54) is 6.29 Å². The van der Waals surface area contributed by atoms with Crippen molar-refractivity contribution in [2.75, 3.05) is 26.4 Å². The first-order valence-corrected chi connectivity index (χ1v) is 23.9. The van der Waals surface area contributed by atoms with Gasteiger partial charge < -0.3 is 89.4 Å². The van der Waals surface area contributed by atoms with Crippen LogP contribution >= 0.6 is 0 Å². The van der Waals surface area contributed by atoms with E-state index < -0.39 is 122 Å². The van der Waals surface area contributed by atoms with E-state index in [-0.39, 0.29) is 47.7 Å². The summed E-state index contributed by atoms with van der Waals surface area (Å²) in [5.41, 5.74) is -2.13. The number of ether oxygens (including phenoxy) is 6. The number of fused-ring (bicyclic) bond motifs is 5.